The molecule has 0 aromatic carbocycles. The lowest BCUT2D eigenvalue weighted by Gasteiger charge is -2.24. The second kappa shape index (κ2) is 2.18. The van der Waals surface area contributed by atoms with Gasteiger partial charge >= 0.3 is 0 Å². The average Bonchev–Trinajstić information content (AvgIpc) is 2.75. The number of hydrogen-bond donors (Lipinski definition) is 1. The van der Waals surface area contributed by atoms with E-state index in [-0.39, 0.29) is 5.54 Å². The van der Waals surface area contributed by atoms with Gasteiger partial charge in [-0.2, -0.15) is 0 Å². The minimum Gasteiger partial charge on any atom is -0.367 e. The van der Waals surface area contributed by atoms with Crippen LogP contribution in [-0.4, -0.2) is 20.2 Å². The van der Waals surface area contributed by atoms with Crippen molar-refractivity contribution in [2.24, 2.45) is 5.92 Å². The maximum atomic E-state index is 5.62. The maximum Gasteiger partial charge on any atom is 0.240 e. The molecule has 2 N–H and O–H groups in total. The van der Waals surface area contributed by atoms with E-state index in [2.05, 4.69) is 29.4 Å². The summed E-state index contributed by atoms with van der Waals surface area (Å²) in [7, 11) is 0. The zero-order valence-corrected chi connectivity index (χ0v) is 7.36. The number of nitrogens with two attached hydrogens (primary N) is 1. The van der Waals surface area contributed by atoms with Crippen molar-refractivity contribution in [3.05, 3.63) is 0 Å². The minimum atomic E-state index is -0.0203. The van der Waals surface area contributed by atoms with Gasteiger partial charge in [-0.1, -0.05) is 5.10 Å². The molecule has 0 radical (unpaired) electrons. The molecular formula is C7H13N5. The summed E-state index contributed by atoms with van der Waals surface area (Å²) in [5.41, 5.74) is 5.60. The molecule has 0 amide bonds. The van der Waals surface area contributed by atoms with Crippen LogP contribution in [0.15, 0.2) is 0 Å². The Labute approximate surface area is 70.9 Å². The Morgan fingerprint density at radius 1 is 1.50 bits per heavy atom. The first-order valence-corrected chi connectivity index (χ1v) is 4.16. The first-order valence-electron chi connectivity index (χ1n) is 4.16. The van der Waals surface area contributed by atoms with E-state index in [1.54, 1.807) is 4.68 Å². The molecule has 1 aliphatic carbocycles. The van der Waals surface area contributed by atoms with E-state index in [9.17, 15) is 0 Å². The Balaban J connectivity index is 2.33. The van der Waals surface area contributed by atoms with E-state index in [1.165, 1.54) is 12.8 Å². The molecule has 0 atom stereocenters. The molecule has 5 heteroatoms. The van der Waals surface area contributed by atoms with Crippen molar-refractivity contribution >= 4 is 5.95 Å². The van der Waals surface area contributed by atoms with Gasteiger partial charge < -0.3 is 5.73 Å². The fourth-order valence-electron chi connectivity index (χ4n) is 1.57. The van der Waals surface area contributed by atoms with Crippen molar-refractivity contribution in [3.8, 4) is 0 Å². The molecule has 5 nitrogen and oxygen atoms in total. The van der Waals surface area contributed by atoms with Crippen molar-refractivity contribution in [1.82, 2.24) is 20.2 Å². The second-order valence-electron chi connectivity index (χ2n) is 3.88. The van der Waals surface area contributed by atoms with E-state index >= 15 is 0 Å². The average molecular weight is 167 g/mol. The summed E-state index contributed by atoms with van der Waals surface area (Å²) in [5, 5.41) is 11.1. The fraction of sp³-hybridized carbons (Fsp3) is 0.857. The Kier molecular flexibility index (Phi) is 1.37. The predicted octanol–water partition coefficient (Wildman–Crippen LogP) is 0.400. The normalized spacial score (nSPS) is 18.2. The lowest BCUT2D eigenvalue weighted by atomic mass is 9.99. The van der Waals surface area contributed by atoms with Gasteiger partial charge in [-0.05, 0) is 43.0 Å². The Morgan fingerprint density at radius 2 is 2.17 bits per heavy atom. The zero-order chi connectivity index (χ0) is 8.77. The molecule has 0 spiro atoms. The quantitative estimate of drug-likeness (QED) is 0.692. The van der Waals surface area contributed by atoms with Crippen molar-refractivity contribution in [2.45, 2.75) is 32.2 Å². The maximum absolute atomic E-state index is 5.62. The second-order valence-corrected chi connectivity index (χ2v) is 3.88. The smallest absolute Gasteiger partial charge is 0.240 e. The summed E-state index contributed by atoms with van der Waals surface area (Å²) in [6.07, 6.45) is 2.51. The van der Waals surface area contributed by atoms with Crippen LogP contribution in [0, 0.1) is 5.92 Å². The van der Waals surface area contributed by atoms with Gasteiger partial charge in [0.05, 0.1) is 5.54 Å². The van der Waals surface area contributed by atoms with Crippen LogP contribution >= 0.6 is 0 Å². The number of rotatable bonds is 2. The topological polar surface area (TPSA) is 69.6 Å². The number of aromatic nitrogens is 4. The Bertz CT molecular complexity index is 286. The highest BCUT2D eigenvalue weighted by Gasteiger charge is 2.41. The van der Waals surface area contributed by atoms with Gasteiger partial charge in [-0.3, -0.25) is 0 Å². The fourth-order valence-corrected chi connectivity index (χ4v) is 1.57. The molecule has 1 aromatic rings. The Hall–Kier alpha value is -1.13. The third-order valence-electron chi connectivity index (χ3n) is 2.62. The molecule has 0 bridgehead atoms. The number of nitrogens with zero attached hydrogens (tertiary/aromatic N) is 4. The molecule has 0 aliphatic heterocycles. The SMILES string of the molecule is CC(C)(C1CC1)n1nnnc1N. The highest BCUT2D eigenvalue weighted by atomic mass is 15.6. The van der Waals surface area contributed by atoms with Gasteiger partial charge in [0.25, 0.3) is 0 Å². The molecule has 1 aromatic heterocycles. The van der Waals surface area contributed by atoms with E-state index < -0.39 is 0 Å². The van der Waals surface area contributed by atoms with E-state index in [1.807, 2.05) is 0 Å². The van der Waals surface area contributed by atoms with Gasteiger partial charge in [-0.15, -0.1) is 0 Å². The summed E-state index contributed by atoms with van der Waals surface area (Å²) in [6.45, 7) is 4.24. The van der Waals surface area contributed by atoms with E-state index in [0.717, 1.165) is 0 Å². The molecule has 1 heterocycles. The predicted molar refractivity (Wildman–Crippen MR) is 44.3 cm³/mol. The molecule has 1 aliphatic rings. The van der Waals surface area contributed by atoms with Crippen LogP contribution in [0.1, 0.15) is 26.7 Å². The number of anilines is 1. The van der Waals surface area contributed by atoms with E-state index in [0.29, 0.717) is 11.9 Å². The van der Waals surface area contributed by atoms with Gasteiger partial charge in [0.1, 0.15) is 0 Å². The molecule has 12 heavy (non-hydrogen) atoms. The summed E-state index contributed by atoms with van der Waals surface area (Å²) < 4.78 is 1.71. The van der Waals surface area contributed by atoms with E-state index in [4.69, 9.17) is 5.73 Å². The van der Waals surface area contributed by atoms with Crippen LogP contribution in [0.2, 0.25) is 0 Å². The van der Waals surface area contributed by atoms with Crippen LogP contribution < -0.4 is 5.73 Å². The van der Waals surface area contributed by atoms with Crippen molar-refractivity contribution in [1.29, 1.82) is 0 Å². The van der Waals surface area contributed by atoms with Crippen molar-refractivity contribution in [2.75, 3.05) is 5.73 Å². The lowest BCUT2D eigenvalue weighted by Crippen LogP contribution is -2.31. The largest absolute Gasteiger partial charge is 0.367 e. The molecule has 1 saturated carbocycles. The van der Waals surface area contributed by atoms with Crippen molar-refractivity contribution < 1.29 is 0 Å². The molecular weight excluding hydrogens is 154 g/mol. The van der Waals surface area contributed by atoms with Crippen LogP contribution in [0.3, 0.4) is 0 Å². The van der Waals surface area contributed by atoms with Gasteiger partial charge in [-0.25, -0.2) is 4.68 Å². The lowest BCUT2D eigenvalue weighted by molar-refractivity contribution is 0.272. The molecule has 66 valence electrons. The van der Waals surface area contributed by atoms with Crippen LogP contribution in [0.5, 0.6) is 0 Å². The minimum absolute atomic E-state index is 0.0203. The van der Waals surface area contributed by atoms with Crippen LogP contribution in [-0.2, 0) is 5.54 Å². The highest BCUT2D eigenvalue weighted by molar-refractivity contribution is 5.14. The third-order valence-corrected chi connectivity index (χ3v) is 2.62. The summed E-state index contributed by atoms with van der Waals surface area (Å²) in [4.78, 5) is 0. The third kappa shape index (κ3) is 0.964. The summed E-state index contributed by atoms with van der Waals surface area (Å²) in [5.74, 6) is 1.09. The number of nitrogen functional groups attached to an aromatic ring is 1. The Morgan fingerprint density at radius 3 is 2.58 bits per heavy atom. The summed E-state index contributed by atoms with van der Waals surface area (Å²) >= 11 is 0. The summed E-state index contributed by atoms with van der Waals surface area (Å²) in [6, 6.07) is 0. The van der Waals surface area contributed by atoms with Crippen LogP contribution in [0.4, 0.5) is 5.95 Å². The molecule has 2 rings (SSSR count). The van der Waals surface area contributed by atoms with Gasteiger partial charge in [0, 0.05) is 0 Å². The molecule has 0 unspecified atom stereocenters. The first kappa shape index (κ1) is 7.52. The highest BCUT2D eigenvalue weighted by Crippen LogP contribution is 2.43. The number of hydrogen-bond acceptors (Lipinski definition) is 4. The first-order chi connectivity index (χ1) is 5.62. The monoisotopic (exact) mass is 167 g/mol. The van der Waals surface area contributed by atoms with Gasteiger partial charge in [0.2, 0.25) is 5.95 Å². The zero-order valence-electron chi connectivity index (χ0n) is 7.36. The van der Waals surface area contributed by atoms with Crippen molar-refractivity contribution in [3.63, 3.8) is 0 Å². The van der Waals surface area contributed by atoms with Crippen LogP contribution in [0.25, 0.3) is 0 Å². The molecule has 1 fully saturated rings. The standard InChI is InChI=1S/C7H13N5/c1-7(2,5-3-4-5)12-6(8)9-10-11-12/h5H,3-4H2,1-2H3,(H2,8,9,11). The van der Waals surface area contributed by atoms with Gasteiger partial charge in [0.15, 0.2) is 0 Å². The number of tetrazole rings is 1. The molecule has 0 saturated heterocycles.